The van der Waals surface area contributed by atoms with Crippen molar-refractivity contribution in [1.29, 1.82) is 0 Å². The topological polar surface area (TPSA) is 21.3 Å². The third kappa shape index (κ3) is 3.30. The van der Waals surface area contributed by atoms with E-state index < -0.39 is 0 Å². The average Bonchev–Trinajstić information content (AvgIpc) is 2.41. The molecule has 0 spiro atoms. The summed E-state index contributed by atoms with van der Waals surface area (Å²) in [6, 6.07) is 13.1. The molecule has 110 valence electrons. The Morgan fingerprint density at radius 3 is 2.48 bits per heavy atom. The predicted octanol–water partition coefficient (Wildman–Crippen LogP) is 4.85. The Morgan fingerprint density at radius 2 is 1.86 bits per heavy atom. The maximum Gasteiger partial charge on any atom is 0.126 e. The summed E-state index contributed by atoms with van der Waals surface area (Å²) in [5.74, 6) is 1.12. The number of rotatable bonds is 4. The summed E-state index contributed by atoms with van der Waals surface area (Å²) in [4.78, 5) is 0. The van der Waals surface area contributed by atoms with Gasteiger partial charge in [-0.3, -0.25) is 0 Å². The number of methoxy groups -OCH3 is 1. The first-order valence-electron chi connectivity index (χ1n) is 7.00. The van der Waals surface area contributed by atoms with Gasteiger partial charge in [-0.2, -0.15) is 0 Å². The normalized spacial score (nSPS) is 20.7. The van der Waals surface area contributed by atoms with Crippen molar-refractivity contribution in [2.24, 2.45) is 0 Å². The van der Waals surface area contributed by atoms with Gasteiger partial charge in [0.15, 0.2) is 0 Å². The molecule has 1 aliphatic carbocycles. The van der Waals surface area contributed by atoms with E-state index in [1.165, 1.54) is 17.7 Å². The van der Waals surface area contributed by atoms with Gasteiger partial charge in [0.25, 0.3) is 0 Å². The minimum absolute atomic E-state index is 0.309. The fraction of sp³-hybridized carbons (Fsp3) is 0.294. The zero-order valence-corrected chi connectivity index (χ0v) is 12.5. The molecule has 2 aromatic carbocycles. The van der Waals surface area contributed by atoms with Crippen molar-refractivity contribution >= 4 is 17.3 Å². The van der Waals surface area contributed by atoms with Crippen LogP contribution in [0.5, 0.6) is 5.75 Å². The average molecular weight is 306 g/mol. The molecule has 0 unspecified atom stereocenters. The van der Waals surface area contributed by atoms with Crippen LogP contribution in [0.1, 0.15) is 24.3 Å². The lowest BCUT2D eigenvalue weighted by atomic mass is 9.76. The van der Waals surface area contributed by atoms with E-state index in [0.29, 0.717) is 17.0 Å². The smallest absolute Gasteiger partial charge is 0.126 e. The van der Waals surface area contributed by atoms with Crippen molar-refractivity contribution < 1.29 is 9.13 Å². The molecule has 3 rings (SSSR count). The number of ether oxygens (including phenoxy) is 1. The van der Waals surface area contributed by atoms with Crippen molar-refractivity contribution in [2.45, 2.75) is 24.8 Å². The summed E-state index contributed by atoms with van der Waals surface area (Å²) in [6.45, 7) is 0. The molecule has 21 heavy (non-hydrogen) atoms. The molecular formula is C17H17ClFNO. The van der Waals surface area contributed by atoms with Gasteiger partial charge in [0, 0.05) is 16.8 Å². The fourth-order valence-corrected chi connectivity index (χ4v) is 2.98. The van der Waals surface area contributed by atoms with E-state index >= 15 is 0 Å². The van der Waals surface area contributed by atoms with Gasteiger partial charge in [-0.15, -0.1) is 0 Å². The van der Waals surface area contributed by atoms with E-state index in [4.69, 9.17) is 16.3 Å². The highest BCUT2D eigenvalue weighted by Crippen LogP contribution is 2.39. The molecule has 0 saturated heterocycles. The summed E-state index contributed by atoms with van der Waals surface area (Å²) in [7, 11) is 1.67. The minimum atomic E-state index is -0.309. The van der Waals surface area contributed by atoms with Crippen LogP contribution in [-0.2, 0) is 0 Å². The molecule has 1 aliphatic rings. The zero-order valence-electron chi connectivity index (χ0n) is 11.8. The molecule has 0 heterocycles. The number of benzene rings is 2. The molecular weight excluding hydrogens is 289 g/mol. The van der Waals surface area contributed by atoms with Crippen LogP contribution in [0.25, 0.3) is 0 Å². The van der Waals surface area contributed by atoms with Crippen LogP contribution in [0.2, 0.25) is 5.02 Å². The standard InChI is InChI=1S/C17H17ClFNO/c1-21-17-4-2-11(3-5-17)12-6-15(7-12)20-16-9-13(18)8-14(19)10-16/h2-5,8-10,12,15,20H,6-7H2,1H3. The van der Waals surface area contributed by atoms with Crippen LogP contribution in [0.15, 0.2) is 42.5 Å². The first-order valence-corrected chi connectivity index (χ1v) is 7.38. The molecule has 1 saturated carbocycles. The van der Waals surface area contributed by atoms with Gasteiger partial charge in [-0.25, -0.2) is 4.39 Å². The van der Waals surface area contributed by atoms with Crippen molar-refractivity contribution in [3.8, 4) is 5.75 Å². The molecule has 0 aromatic heterocycles. The largest absolute Gasteiger partial charge is 0.497 e. The highest BCUT2D eigenvalue weighted by molar-refractivity contribution is 6.30. The van der Waals surface area contributed by atoms with Crippen LogP contribution in [0.3, 0.4) is 0 Å². The molecule has 1 fully saturated rings. The van der Waals surface area contributed by atoms with Crippen LogP contribution in [-0.4, -0.2) is 13.2 Å². The molecule has 0 amide bonds. The summed E-state index contributed by atoms with van der Waals surface area (Å²) < 4.78 is 18.4. The highest BCUT2D eigenvalue weighted by Gasteiger charge is 2.30. The van der Waals surface area contributed by atoms with E-state index in [9.17, 15) is 4.39 Å². The molecule has 2 nitrogen and oxygen atoms in total. The molecule has 0 bridgehead atoms. The van der Waals surface area contributed by atoms with E-state index in [1.807, 2.05) is 12.1 Å². The van der Waals surface area contributed by atoms with Gasteiger partial charge in [-0.05, 0) is 54.7 Å². The predicted molar refractivity (Wildman–Crippen MR) is 83.8 cm³/mol. The van der Waals surface area contributed by atoms with E-state index in [1.54, 1.807) is 13.2 Å². The minimum Gasteiger partial charge on any atom is -0.497 e. The Hall–Kier alpha value is -1.74. The van der Waals surface area contributed by atoms with Gasteiger partial charge >= 0.3 is 0 Å². The van der Waals surface area contributed by atoms with Gasteiger partial charge in [0.1, 0.15) is 11.6 Å². The molecule has 0 radical (unpaired) electrons. The fourth-order valence-electron chi connectivity index (χ4n) is 2.76. The Bertz CT molecular complexity index is 603. The number of halogens is 2. The Labute approximate surface area is 128 Å². The highest BCUT2D eigenvalue weighted by atomic mass is 35.5. The summed E-state index contributed by atoms with van der Waals surface area (Å²) in [6.07, 6.45) is 2.08. The lowest BCUT2D eigenvalue weighted by Crippen LogP contribution is -2.34. The number of hydrogen-bond acceptors (Lipinski definition) is 2. The maximum absolute atomic E-state index is 13.3. The van der Waals surface area contributed by atoms with Gasteiger partial charge in [0.05, 0.1) is 7.11 Å². The van der Waals surface area contributed by atoms with Crippen molar-refractivity contribution in [1.82, 2.24) is 0 Å². The number of nitrogens with one attached hydrogen (secondary N) is 1. The van der Waals surface area contributed by atoms with Crippen LogP contribution >= 0.6 is 11.6 Å². The van der Waals surface area contributed by atoms with Crippen molar-refractivity contribution in [3.05, 3.63) is 58.9 Å². The quantitative estimate of drug-likeness (QED) is 0.872. The molecule has 4 heteroatoms. The SMILES string of the molecule is COc1ccc(C2CC(Nc3cc(F)cc(Cl)c3)C2)cc1. The summed E-state index contributed by atoms with van der Waals surface area (Å²) in [5, 5.41) is 3.75. The van der Waals surface area contributed by atoms with E-state index in [-0.39, 0.29) is 5.82 Å². The first kappa shape index (κ1) is 14.2. The van der Waals surface area contributed by atoms with Crippen LogP contribution < -0.4 is 10.1 Å². The molecule has 2 aromatic rings. The monoisotopic (exact) mass is 305 g/mol. The third-order valence-electron chi connectivity index (χ3n) is 3.96. The zero-order chi connectivity index (χ0) is 14.8. The van der Waals surface area contributed by atoms with E-state index in [2.05, 4.69) is 17.4 Å². The summed E-state index contributed by atoms with van der Waals surface area (Å²) >= 11 is 5.86. The van der Waals surface area contributed by atoms with Crippen molar-refractivity contribution in [2.75, 3.05) is 12.4 Å². The lowest BCUT2D eigenvalue weighted by molar-refractivity contribution is 0.373. The van der Waals surface area contributed by atoms with Gasteiger partial charge in [0.2, 0.25) is 0 Å². The van der Waals surface area contributed by atoms with Gasteiger partial charge in [-0.1, -0.05) is 23.7 Å². The number of hydrogen-bond donors (Lipinski definition) is 1. The second kappa shape index (κ2) is 5.94. The van der Waals surface area contributed by atoms with Crippen LogP contribution in [0, 0.1) is 5.82 Å². The maximum atomic E-state index is 13.3. The van der Waals surface area contributed by atoms with Gasteiger partial charge < -0.3 is 10.1 Å². The Morgan fingerprint density at radius 1 is 1.14 bits per heavy atom. The number of anilines is 1. The molecule has 1 N–H and O–H groups in total. The first-order chi connectivity index (χ1) is 10.1. The summed E-state index contributed by atoms with van der Waals surface area (Å²) in [5.41, 5.74) is 2.07. The van der Waals surface area contributed by atoms with Crippen LogP contribution in [0.4, 0.5) is 10.1 Å². The molecule has 0 atom stereocenters. The Balaban J connectivity index is 1.57. The second-order valence-corrected chi connectivity index (χ2v) is 5.88. The third-order valence-corrected chi connectivity index (χ3v) is 4.18. The lowest BCUT2D eigenvalue weighted by Gasteiger charge is -2.37. The Kier molecular flexibility index (Phi) is 4.02. The van der Waals surface area contributed by atoms with E-state index in [0.717, 1.165) is 24.3 Å². The van der Waals surface area contributed by atoms with Crippen molar-refractivity contribution in [3.63, 3.8) is 0 Å². The second-order valence-electron chi connectivity index (χ2n) is 5.44. The molecule has 0 aliphatic heterocycles.